The van der Waals surface area contributed by atoms with E-state index in [-0.39, 0.29) is 5.91 Å². The van der Waals surface area contributed by atoms with Gasteiger partial charge in [0, 0.05) is 29.2 Å². The van der Waals surface area contributed by atoms with Crippen LogP contribution in [0, 0.1) is 0 Å². The zero-order valence-corrected chi connectivity index (χ0v) is 20.6. The Kier molecular flexibility index (Phi) is 5.72. The van der Waals surface area contributed by atoms with Gasteiger partial charge in [0.2, 0.25) is 0 Å². The Morgan fingerprint density at radius 3 is 2.37 bits per heavy atom. The molecule has 0 N–H and O–H groups in total. The molecule has 0 unspecified atom stereocenters. The minimum Gasteiger partial charge on any atom is -0.342 e. The zero-order chi connectivity index (χ0) is 23.8. The van der Waals surface area contributed by atoms with E-state index < -0.39 is 0 Å². The molecule has 1 aliphatic rings. The molecule has 1 fully saturated rings. The topological polar surface area (TPSA) is 25.2 Å². The van der Waals surface area contributed by atoms with E-state index in [4.69, 9.17) is 12.2 Å². The second kappa shape index (κ2) is 9.17. The Labute approximate surface area is 213 Å². The molecule has 0 spiro atoms. The molecule has 4 aromatic carbocycles. The summed E-state index contributed by atoms with van der Waals surface area (Å²) in [4.78, 5) is 15.6. The number of nitrogens with zero attached hydrogens (tertiary/aromatic N) is 2. The number of thioether (sulfide) groups is 1. The molecule has 5 aromatic rings. The lowest BCUT2D eigenvalue weighted by atomic mass is 10.1. The number of hydrogen-bond acceptors (Lipinski definition) is 3. The van der Waals surface area contributed by atoms with Crippen LogP contribution in [0.15, 0.2) is 108 Å². The maximum atomic E-state index is 13.2. The molecule has 35 heavy (non-hydrogen) atoms. The Morgan fingerprint density at radius 2 is 1.51 bits per heavy atom. The molecule has 1 saturated heterocycles. The van der Waals surface area contributed by atoms with Crippen LogP contribution in [0.2, 0.25) is 0 Å². The lowest BCUT2D eigenvalue weighted by Crippen LogP contribution is -2.27. The molecule has 5 heteroatoms. The number of para-hydroxylation sites is 1. The van der Waals surface area contributed by atoms with Gasteiger partial charge in [-0.05, 0) is 40.1 Å². The van der Waals surface area contributed by atoms with Gasteiger partial charge in [-0.2, -0.15) is 0 Å². The number of aromatic nitrogens is 1. The van der Waals surface area contributed by atoms with E-state index in [0.29, 0.717) is 15.8 Å². The summed E-state index contributed by atoms with van der Waals surface area (Å²) in [7, 11) is 0. The second-order valence-corrected chi connectivity index (χ2v) is 10.3. The number of fused-ring (bicyclic) bond motifs is 2. The predicted octanol–water partition coefficient (Wildman–Crippen LogP) is 7.24. The van der Waals surface area contributed by atoms with Gasteiger partial charge in [0.15, 0.2) is 0 Å². The minimum absolute atomic E-state index is 0.0322. The largest absolute Gasteiger partial charge is 0.342 e. The van der Waals surface area contributed by atoms with Crippen molar-refractivity contribution in [1.82, 2.24) is 9.47 Å². The summed E-state index contributed by atoms with van der Waals surface area (Å²) in [5.41, 5.74) is 4.48. The van der Waals surface area contributed by atoms with Gasteiger partial charge in [-0.1, -0.05) is 109 Å². The quantitative estimate of drug-likeness (QED) is 0.192. The molecule has 6 rings (SSSR count). The van der Waals surface area contributed by atoms with Gasteiger partial charge in [0.1, 0.15) is 4.32 Å². The molecule has 1 aromatic heterocycles. The molecule has 2 heterocycles. The summed E-state index contributed by atoms with van der Waals surface area (Å²) >= 11 is 6.94. The summed E-state index contributed by atoms with van der Waals surface area (Å²) in [6.45, 7) is 1.25. The van der Waals surface area contributed by atoms with Crippen LogP contribution in [0.4, 0.5) is 0 Å². The number of carbonyl (C=O) groups is 1. The smallest absolute Gasteiger partial charge is 0.266 e. The van der Waals surface area contributed by atoms with Crippen LogP contribution in [-0.4, -0.2) is 19.7 Å². The van der Waals surface area contributed by atoms with Crippen molar-refractivity contribution in [2.24, 2.45) is 0 Å². The van der Waals surface area contributed by atoms with Crippen molar-refractivity contribution in [1.29, 1.82) is 0 Å². The van der Waals surface area contributed by atoms with E-state index in [1.54, 1.807) is 4.90 Å². The van der Waals surface area contributed by atoms with Crippen molar-refractivity contribution in [3.8, 4) is 0 Å². The average Bonchev–Trinajstić information content (AvgIpc) is 3.36. The number of rotatable bonds is 5. The molecule has 3 nitrogen and oxygen atoms in total. The van der Waals surface area contributed by atoms with Crippen LogP contribution in [0.1, 0.15) is 16.7 Å². The van der Waals surface area contributed by atoms with Crippen LogP contribution in [-0.2, 0) is 17.9 Å². The van der Waals surface area contributed by atoms with E-state index in [2.05, 4.69) is 71.4 Å². The number of hydrogen-bond donors (Lipinski definition) is 0. The maximum absolute atomic E-state index is 13.2. The summed E-state index contributed by atoms with van der Waals surface area (Å²) in [6.07, 6.45) is 4.13. The molecule has 0 aliphatic carbocycles. The molecule has 1 aliphatic heterocycles. The number of amides is 1. The van der Waals surface area contributed by atoms with Crippen molar-refractivity contribution in [2.75, 3.05) is 0 Å². The maximum Gasteiger partial charge on any atom is 0.266 e. The average molecular weight is 491 g/mol. The summed E-state index contributed by atoms with van der Waals surface area (Å²) in [6, 6.07) is 33.3. The van der Waals surface area contributed by atoms with Crippen LogP contribution in [0.5, 0.6) is 0 Å². The highest BCUT2D eigenvalue weighted by atomic mass is 32.2. The fourth-order valence-corrected chi connectivity index (χ4v) is 5.84. The van der Waals surface area contributed by atoms with Crippen LogP contribution >= 0.6 is 24.0 Å². The standard InChI is InChI=1S/C30H22N2OS2/c33-29-28(35-30(34)32(29)19-21-8-2-1-3-9-21)17-25-20-31(27-13-7-6-12-26(25)27)18-22-14-15-23-10-4-5-11-24(23)16-22/h1-17,20H,18-19H2/b28-17+. The van der Waals surface area contributed by atoms with Crippen molar-refractivity contribution in [2.45, 2.75) is 13.1 Å². The predicted molar refractivity (Wildman–Crippen MR) is 150 cm³/mol. The van der Waals surface area contributed by atoms with Crippen LogP contribution in [0.25, 0.3) is 27.8 Å². The minimum atomic E-state index is -0.0322. The molecule has 1 amide bonds. The fraction of sp³-hybridized carbons (Fsp3) is 0.0667. The SMILES string of the molecule is O=C1/C(=C\c2cn(Cc3ccc4ccccc4c3)c3ccccc23)SC(=S)N1Cc1ccccc1. The van der Waals surface area contributed by atoms with Gasteiger partial charge in [0.05, 0.1) is 11.4 Å². The molecular formula is C30H22N2OS2. The number of thiocarbonyl (C=S) groups is 1. The van der Waals surface area contributed by atoms with Gasteiger partial charge in [0.25, 0.3) is 5.91 Å². The fourth-order valence-electron chi connectivity index (χ4n) is 4.60. The Hall–Kier alpha value is -3.67. The van der Waals surface area contributed by atoms with Crippen LogP contribution in [0.3, 0.4) is 0 Å². The molecule has 0 atom stereocenters. The third-order valence-electron chi connectivity index (χ3n) is 6.33. The van der Waals surface area contributed by atoms with Crippen molar-refractivity contribution >= 4 is 62.0 Å². The lowest BCUT2D eigenvalue weighted by Gasteiger charge is -2.14. The van der Waals surface area contributed by atoms with E-state index in [0.717, 1.165) is 28.6 Å². The first-order valence-corrected chi connectivity index (χ1v) is 12.7. The Balaban J connectivity index is 1.33. The molecular weight excluding hydrogens is 468 g/mol. The third-order valence-corrected chi connectivity index (χ3v) is 7.71. The van der Waals surface area contributed by atoms with Crippen molar-refractivity contribution in [3.63, 3.8) is 0 Å². The normalized spacial score (nSPS) is 15.1. The van der Waals surface area contributed by atoms with E-state index in [1.165, 1.54) is 28.1 Å². The molecule has 0 bridgehead atoms. The van der Waals surface area contributed by atoms with Crippen molar-refractivity contribution < 1.29 is 4.79 Å². The van der Waals surface area contributed by atoms with Gasteiger partial charge < -0.3 is 4.57 Å². The Bertz CT molecular complexity index is 1620. The zero-order valence-electron chi connectivity index (χ0n) is 18.9. The highest BCUT2D eigenvalue weighted by Crippen LogP contribution is 2.35. The number of carbonyl (C=O) groups excluding carboxylic acids is 1. The lowest BCUT2D eigenvalue weighted by molar-refractivity contribution is -0.122. The highest BCUT2D eigenvalue weighted by molar-refractivity contribution is 8.26. The van der Waals surface area contributed by atoms with Crippen molar-refractivity contribution in [3.05, 3.63) is 125 Å². The first kappa shape index (κ1) is 21.8. The third kappa shape index (κ3) is 4.29. The van der Waals surface area contributed by atoms with Gasteiger partial charge >= 0.3 is 0 Å². The van der Waals surface area contributed by atoms with E-state index in [9.17, 15) is 4.79 Å². The Morgan fingerprint density at radius 1 is 0.771 bits per heavy atom. The van der Waals surface area contributed by atoms with E-state index >= 15 is 0 Å². The first-order chi connectivity index (χ1) is 17.2. The summed E-state index contributed by atoms with van der Waals surface area (Å²) in [5.74, 6) is -0.0322. The highest BCUT2D eigenvalue weighted by Gasteiger charge is 2.32. The van der Waals surface area contributed by atoms with E-state index in [1.807, 2.05) is 42.5 Å². The monoisotopic (exact) mass is 490 g/mol. The molecule has 0 radical (unpaired) electrons. The summed E-state index contributed by atoms with van der Waals surface area (Å²) in [5, 5.41) is 3.61. The summed E-state index contributed by atoms with van der Waals surface area (Å²) < 4.78 is 2.86. The van der Waals surface area contributed by atoms with Gasteiger partial charge in [-0.25, -0.2) is 0 Å². The molecule has 170 valence electrons. The first-order valence-electron chi connectivity index (χ1n) is 11.5. The van der Waals surface area contributed by atoms with Crippen LogP contribution < -0.4 is 0 Å². The number of benzene rings is 4. The second-order valence-electron chi connectivity index (χ2n) is 8.66. The van der Waals surface area contributed by atoms with Gasteiger partial charge in [-0.3, -0.25) is 9.69 Å². The molecule has 0 saturated carbocycles. The van der Waals surface area contributed by atoms with Gasteiger partial charge in [-0.15, -0.1) is 0 Å².